The molecule has 0 spiro atoms. The molecule has 0 aliphatic heterocycles. The van der Waals surface area contributed by atoms with Crippen molar-refractivity contribution in [1.82, 2.24) is 4.98 Å². The van der Waals surface area contributed by atoms with E-state index in [9.17, 15) is 20.0 Å². The van der Waals surface area contributed by atoms with Crippen molar-refractivity contribution < 1.29 is 19.6 Å². The van der Waals surface area contributed by atoms with Crippen LogP contribution in [-0.2, 0) is 4.74 Å². The number of rotatable bonds is 6. The van der Waals surface area contributed by atoms with Crippen molar-refractivity contribution in [2.24, 2.45) is 5.92 Å². The molecule has 1 unspecified atom stereocenters. The number of nitro groups is 1. The van der Waals surface area contributed by atoms with Crippen LogP contribution in [0.25, 0.3) is 0 Å². The van der Waals surface area contributed by atoms with Crippen molar-refractivity contribution in [3.8, 4) is 0 Å². The van der Waals surface area contributed by atoms with Gasteiger partial charge in [0, 0.05) is 12.6 Å². The monoisotopic (exact) mass is 283 g/mol. The van der Waals surface area contributed by atoms with E-state index in [0.29, 0.717) is 0 Å². The average Bonchev–Trinajstić information content (AvgIpc) is 2.43. The maximum Gasteiger partial charge on any atom is 0.356 e. The van der Waals surface area contributed by atoms with E-state index in [4.69, 9.17) is 0 Å². The molecule has 1 aromatic heterocycles. The van der Waals surface area contributed by atoms with Gasteiger partial charge < -0.3 is 15.2 Å². The maximum atomic E-state index is 11.4. The molecule has 110 valence electrons. The van der Waals surface area contributed by atoms with Crippen molar-refractivity contribution >= 4 is 17.5 Å². The van der Waals surface area contributed by atoms with Gasteiger partial charge in [-0.2, -0.15) is 0 Å². The third-order valence-corrected chi connectivity index (χ3v) is 2.71. The van der Waals surface area contributed by atoms with Crippen molar-refractivity contribution in [3.63, 3.8) is 0 Å². The summed E-state index contributed by atoms with van der Waals surface area (Å²) in [5, 5.41) is 23.3. The Bertz CT molecular complexity index is 504. The molecule has 0 saturated carbocycles. The molecular weight excluding hydrogens is 266 g/mol. The maximum absolute atomic E-state index is 11.4. The van der Waals surface area contributed by atoms with Gasteiger partial charge >= 0.3 is 11.7 Å². The third-order valence-electron chi connectivity index (χ3n) is 2.71. The fraction of sp³-hybridized carbons (Fsp3) is 0.500. The van der Waals surface area contributed by atoms with Gasteiger partial charge in [0.15, 0.2) is 5.69 Å². The second-order valence-electron chi connectivity index (χ2n) is 4.51. The standard InChI is InChI=1S/C12H17N3O5/c1-7(2)10(16)6-13-11-9(15(18)19)5-4-8(14-11)12(17)20-3/h4-5,7,10,16H,6H2,1-3H3,(H,13,14). The van der Waals surface area contributed by atoms with Crippen molar-refractivity contribution in [3.05, 3.63) is 27.9 Å². The highest BCUT2D eigenvalue weighted by Crippen LogP contribution is 2.22. The quantitative estimate of drug-likeness (QED) is 0.458. The van der Waals surface area contributed by atoms with Crippen LogP contribution in [0.3, 0.4) is 0 Å². The first-order valence-corrected chi connectivity index (χ1v) is 6.02. The minimum Gasteiger partial charge on any atom is -0.464 e. The molecular formula is C12H17N3O5. The Hall–Kier alpha value is -2.22. The molecule has 0 aliphatic carbocycles. The Morgan fingerprint density at radius 2 is 2.20 bits per heavy atom. The van der Waals surface area contributed by atoms with E-state index < -0.39 is 17.0 Å². The van der Waals surface area contributed by atoms with E-state index in [-0.39, 0.29) is 29.7 Å². The zero-order valence-corrected chi connectivity index (χ0v) is 11.5. The van der Waals surface area contributed by atoms with E-state index >= 15 is 0 Å². The topological polar surface area (TPSA) is 115 Å². The summed E-state index contributed by atoms with van der Waals surface area (Å²) in [6.45, 7) is 3.73. The van der Waals surface area contributed by atoms with Gasteiger partial charge in [-0.3, -0.25) is 10.1 Å². The molecule has 1 atom stereocenters. The zero-order valence-electron chi connectivity index (χ0n) is 11.5. The van der Waals surface area contributed by atoms with Gasteiger partial charge in [0.2, 0.25) is 5.82 Å². The lowest BCUT2D eigenvalue weighted by molar-refractivity contribution is -0.384. The number of hydrogen-bond acceptors (Lipinski definition) is 7. The number of carbonyl (C=O) groups is 1. The molecule has 8 nitrogen and oxygen atoms in total. The highest BCUT2D eigenvalue weighted by Gasteiger charge is 2.20. The Labute approximate surface area is 115 Å². The van der Waals surface area contributed by atoms with Crippen LogP contribution in [0.1, 0.15) is 24.3 Å². The van der Waals surface area contributed by atoms with E-state index in [2.05, 4.69) is 15.0 Å². The summed E-state index contributed by atoms with van der Waals surface area (Å²) < 4.78 is 4.51. The lowest BCUT2D eigenvalue weighted by Crippen LogP contribution is -2.25. The highest BCUT2D eigenvalue weighted by molar-refractivity contribution is 5.88. The van der Waals surface area contributed by atoms with Crippen LogP contribution in [0.5, 0.6) is 0 Å². The number of carbonyl (C=O) groups excluding carboxylic acids is 1. The molecule has 0 fully saturated rings. The van der Waals surface area contributed by atoms with Crippen molar-refractivity contribution in [1.29, 1.82) is 0 Å². The number of anilines is 1. The number of aliphatic hydroxyl groups is 1. The molecule has 8 heteroatoms. The van der Waals surface area contributed by atoms with Crippen LogP contribution in [0.4, 0.5) is 11.5 Å². The van der Waals surface area contributed by atoms with Crippen molar-refractivity contribution in [2.45, 2.75) is 20.0 Å². The molecule has 0 aliphatic rings. The number of aliphatic hydroxyl groups excluding tert-OH is 1. The predicted octanol–water partition coefficient (Wildman–Crippen LogP) is 1.21. The van der Waals surface area contributed by atoms with Gasteiger partial charge in [0.1, 0.15) is 0 Å². The van der Waals surface area contributed by atoms with Gasteiger partial charge in [0.25, 0.3) is 0 Å². The number of pyridine rings is 1. The van der Waals surface area contributed by atoms with E-state index in [1.807, 2.05) is 13.8 Å². The normalized spacial score (nSPS) is 12.1. The molecule has 1 aromatic rings. The Balaban J connectivity index is 3.00. The second-order valence-corrected chi connectivity index (χ2v) is 4.51. The summed E-state index contributed by atoms with van der Waals surface area (Å²) in [6.07, 6.45) is -0.682. The van der Waals surface area contributed by atoms with Gasteiger partial charge in [-0.05, 0) is 12.0 Å². The molecule has 0 amide bonds. The Morgan fingerprint density at radius 3 is 2.70 bits per heavy atom. The molecule has 0 radical (unpaired) electrons. The lowest BCUT2D eigenvalue weighted by Gasteiger charge is -2.15. The van der Waals surface area contributed by atoms with Gasteiger partial charge in [0.05, 0.1) is 18.1 Å². The SMILES string of the molecule is COC(=O)c1ccc([N+](=O)[O-])c(NCC(O)C(C)C)n1. The molecule has 2 N–H and O–H groups in total. The first-order valence-electron chi connectivity index (χ1n) is 6.02. The fourth-order valence-electron chi connectivity index (χ4n) is 1.38. The van der Waals surface area contributed by atoms with Crippen LogP contribution in [-0.4, -0.2) is 40.7 Å². The number of nitrogens with zero attached hydrogens (tertiary/aromatic N) is 2. The number of ether oxygens (including phenoxy) is 1. The third kappa shape index (κ3) is 3.89. The lowest BCUT2D eigenvalue weighted by atomic mass is 10.1. The molecule has 20 heavy (non-hydrogen) atoms. The Kier molecular flexibility index (Phi) is 5.39. The van der Waals surface area contributed by atoms with Crippen LogP contribution < -0.4 is 5.32 Å². The zero-order chi connectivity index (χ0) is 15.3. The highest BCUT2D eigenvalue weighted by atomic mass is 16.6. The largest absolute Gasteiger partial charge is 0.464 e. The molecule has 0 aromatic carbocycles. The fourth-order valence-corrected chi connectivity index (χ4v) is 1.38. The number of esters is 1. The van der Waals surface area contributed by atoms with E-state index in [1.54, 1.807) is 0 Å². The van der Waals surface area contributed by atoms with Crippen molar-refractivity contribution in [2.75, 3.05) is 19.0 Å². The van der Waals surface area contributed by atoms with E-state index in [0.717, 1.165) is 0 Å². The second kappa shape index (κ2) is 6.80. The first-order chi connectivity index (χ1) is 9.36. The van der Waals surface area contributed by atoms with Crippen LogP contribution in [0.15, 0.2) is 12.1 Å². The average molecular weight is 283 g/mol. The molecule has 0 saturated heterocycles. The predicted molar refractivity (Wildman–Crippen MR) is 71.6 cm³/mol. The summed E-state index contributed by atoms with van der Waals surface area (Å²) in [5.41, 5.74) is -0.312. The van der Waals surface area contributed by atoms with Crippen LogP contribution in [0.2, 0.25) is 0 Å². The molecule has 0 bridgehead atoms. The summed E-state index contributed by atoms with van der Waals surface area (Å²) >= 11 is 0. The molecule has 1 rings (SSSR count). The van der Waals surface area contributed by atoms with Crippen LogP contribution in [0, 0.1) is 16.0 Å². The summed E-state index contributed by atoms with van der Waals surface area (Å²) in [7, 11) is 1.20. The first kappa shape index (κ1) is 15.8. The van der Waals surface area contributed by atoms with Gasteiger partial charge in [-0.25, -0.2) is 9.78 Å². The summed E-state index contributed by atoms with van der Waals surface area (Å²) in [5.74, 6) is -0.768. The number of nitrogens with one attached hydrogen (secondary N) is 1. The van der Waals surface area contributed by atoms with Gasteiger partial charge in [-0.1, -0.05) is 13.8 Å². The Morgan fingerprint density at radius 1 is 1.55 bits per heavy atom. The smallest absolute Gasteiger partial charge is 0.356 e. The number of hydrogen-bond donors (Lipinski definition) is 2. The minimum absolute atomic E-state index is 0.00894. The summed E-state index contributed by atoms with van der Waals surface area (Å²) in [4.78, 5) is 25.5. The molecule has 1 heterocycles. The minimum atomic E-state index is -0.688. The van der Waals surface area contributed by atoms with E-state index in [1.165, 1.54) is 19.2 Å². The number of methoxy groups -OCH3 is 1. The van der Waals surface area contributed by atoms with Gasteiger partial charge in [-0.15, -0.1) is 0 Å². The number of aromatic nitrogens is 1. The summed E-state index contributed by atoms with van der Waals surface area (Å²) in [6, 6.07) is 2.39. The van der Waals surface area contributed by atoms with Crippen LogP contribution >= 0.6 is 0 Å².